The number of hydrogen-bond acceptors (Lipinski definition) is 7. The topological polar surface area (TPSA) is 91.6 Å². The van der Waals surface area contributed by atoms with Gasteiger partial charge in [-0.15, -0.1) is 16.4 Å². The van der Waals surface area contributed by atoms with Crippen LogP contribution in [0.3, 0.4) is 0 Å². The van der Waals surface area contributed by atoms with Crippen LogP contribution in [-0.4, -0.2) is 44.1 Å². The molecule has 0 N–H and O–H groups in total. The third kappa shape index (κ3) is 2.82. The van der Waals surface area contributed by atoms with Gasteiger partial charge >= 0.3 is 0 Å². The first-order valence-electron chi connectivity index (χ1n) is 9.93. The number of fused-ring (bicyclic) bond motifs is 5. The van der Waals surface area contributed by atoms with E-state index in [1.807, 2.05) is 42.4 Å². The van der Waals surface area contributed by atoms with E-state index in [1.165, 1.54) is 5.56 Å². The quantitative estimate of drug-likeness (QED) is 0.426. The summed E-state index contributed by atoms with van der Waals surface area (Å²) in [5.74, 6) is 0.569. The lowest BCUT2D eigenvalue weighted by Gasteiger charge is -2.03. The minimum atomic E-state index is 0.541. The van der Waals surface area contributed by atoms with Gasteiger partial charge in [0.2, 0.25) is 5.82 Å². The van der Waals surface area contributed by atoms with Gasteiger partial charge in [0.1, 0.15) is 28.2 Å². The Balaban J connectivity index is 1.44. The largest absolute Gasteiger partial charge is 0.250 e. The molecule has 6 aromatic rings. The Morgan fingerprint density at radius 2 is 1.84 bits per heavy atom. The zero-order valence-electron chi connectivity index (χ0n) is 17.5. The Kier molecular flexibility index (Phi) is 3.75. The molecule has 0 unspecified atom stereocenters. The predicted molar refractivity (Wildman–Crippen MR) is 119 cm³/mol. The van der Waals surface area contributed by atoms with Crippen LogP contribution in [0.4, 0.5) is 0 Å². The molecular weight excluding hydrogens is 410 g/mol. The van der Waals surface area contributed by atoms with Crippen LogP contribution in [0.5, 0.6) is 0 Å². The second kappa shape index (κ2) is 6.42. The summed E-state index contributed by atoms with van der Waals surface area (Å²) in [6, 6.07) is 6.06. The summed E-state index contributed by atoms with van der Waals surface area (Å²) in [6.07, 6.45) is 3.63. The maximum atomic E-state index is 4.80. The Morgan fingerprint density at radius 1 is 0.968 bits per heavy atom. The lowest BCUT2D eigenvalue weighted by molar-refractivity contribution is 0.492. The van der Waals surface area contributed by atoms with Crippen molar-refractivity contribution in [3.8, 4) is 11.5 Å². The van der Waals surface area contributed by atoms with Crippen molar-refractivity contribution < 1.29 is 0 Å². The van der Waals surface area contributed by atoms with Crippen molar-refractivity contribution in [1.29, 1.82) is 0 Å². The molecule has 0 saturated heterocycles. The van der Waals surface area contributed by atoms with Crippen molar-refractivity contribution in [2.75, 3.05) is 0 Å². The van der Waals surface area contributed by atoms with E-state index in [1.54, 1.807) is 22.2 Å². The highest BCUT2D eigenvalue weighted by molar-refractivity contribution is 7.26. The molecular formula is C21H19N9S. The van der Waals surface area contributed by atoms with Gasteiger partial charge in [-0.2, -0.15) is 10.2 Å². The monoisotopic (exact) mass is 429 g/mol. The van der Waals surface area contributed by atoms with Crippen molar-refractivity contribution in [1.82, 2.24) is 44.1 Å². The van der Waals surface area contributed by atoms with Crippen LogP contribution < -0.4 is 0 Å². The number of thiophene rings is 1. The molecule has 154 valence electrons. The number of nitrogens with zero attached hydrogens (tertiary/aromatic N) is 9. The molecule has 10 heteroatoms. The number of pyridine rings is 1. The molecule has 0 aromatic carbocycles. The number of rotatable bonds is 3. The first kappa shape index (κ1) is 18.1. The molecule has 9 nitrogen and oxygen atoms in total. The number of hydrogen-bond donors (Lipinski definition) is 0. The van der Waals surface area contributed by atoms with Crippen molar-refractivity contribution in [3.63, 3.8) is 0 Å². The highest BCUT2D eigenvalue weighted by Gasteiger charge is 2.17. The fourth-order valence-electron chi connectivity index (χ4n) is 3.99. The van der Waals surface area contributed by atoms with Gasteiger partial charge in [0, 0.05) is 23.0 Å². The predicted octanol–water partition coefficient (Wildman–Crippen LogP) is 3.69. The minimum absolute atomic E-state index is 0.541. The first-order valence-corrected chi connectivity index (χ1v) is 10.7. The molecule has 6 aromatic heterocycles. The van der Waals surface area contributed by atoms with Crippen LogP contribution >= 0.6 is 11.3 Å². The molecule has 0 bridgehead atoms. The van der Waals surface area contributed by atoms with Gasteiger partial charge in [-0.05, 0) is 51.5 Å². The highest BCUT2D eigenvalue weighted by atomic mass is 32.1. The molecule has 0 fully saturated rings. The molecule has 0 amide bonds. The second-order valence-electron chi connectivity index (χ2n) is 7.80. The number of aromatic nitrogens is 9. The van der Waals surface area contributed by atoms with Crippen LogP contribution in [0.1, 0.15) is 22.6 Å². The maximum absolute atomic E-state index is 4.80. The van der Waals surface area contributed by atoms with E-state index in [4.69, 9.17) is 9.97 Å². The molecule has 0 aliphatic heterocycles. The van der Waals surface area contributed by atoms with Gasteiger partial charge in [0.05, 0.1) is 11.2 Å². The molecule has 6 rings (SSSR count). The maximum Gasteiger partial charge on any atom is 0.202 e. The van der Waals surface area contributed by atoms with Gasteiger partial charge in [0.15, 0.2) is 5.65 Å². The summed E-state index contributed by atoms with van der Waals surface area (Å²) in [4.78, 5) is 15.1. The highest BCUT2D eigenvalue weighted by Crippen LogP contribution is 2.35. The molecule has 0 aliphatic rings. The van der Waals surface area contributed by atoms with Crippen LogP contribution in [0, 0.1) is 27.7 Å². The van der Waals surface area contributed by atoms with E-state index in [2.05, 4.69) is 39.3 Å². The Morgan fingerprint density at radius 3 is 2.65 bits per heavy atom. The van der Waals surface area contributed by atoms with E-state index in [9.17, 15) is 0 Å². The molecule has 6 heterocycles. The summed E-state index contributed by atoms with van der Waals surface area (Å²) in [5, 5.41) is 14.9. The summed E-state index contributed by atoms with van der Waals surface area (Å²) in [7, 11) is 0. The molecule has 0 spiro atoms. The van der Waals surface area contributed by atoms with Crippen LogP contribution in [0.15, 0.2) is 30.7 Å². The zero-order chi connectivity index (χ0) is 21.3. The average molecular weight is 430 g/mol. The van der Waals surface area contributed by atoms with E-state index in [0.717, 1.165) is 43.2 Å². The SMILES string of the molecule is Cc1cc(C)c2c(n1)sc1c2ncn2nc(-c3ccn(Cn4nc(C)cc4C)n3)nc12. The summed E-state index contributed by atoms with van der Waals surface area (Å²) < 4.78 is 6.46. The van der Waals surface area contributed by atoms with Gasteiger partial charge in [-0.3, -0.25) is 4.68 Å². The van der Waals surface area contributed by atoms with E-state index in [0.29, 0.717) is 18.2 Å². The van der Waals surface area contributed by atoms with Crippen molar-refractivity contribution >= 4 is 37.4 Å². The van der Waals surface area contributed by atoms with E-state index in [-0.39, 0.29) is 0 Å². The fraction of sp³-hybridized carbons (Fsp3) is 0.238. The molecule has 31 heavy (non-hydrogen) atoms. The summed E-state index contributed by atoms with van der Waals surface area (Å²) >= 11 is 1.60. The minimum Gasteiger partial charge on any atom is -0.250 e. The fourth-order valence-corrected chi connectivity index (χ4v) is 5.22. The molecule has 0 aliphatic carbocycles. The van der Waals surface area contributed by atoms with E-state index < -0.39 is 0 Å². The van der Waals surface area contributed by atoms with Gasteiger partial charge in [0.25, 0.3) is 0 Å². The van der Waals surface area contributed by atoms with E-state index >= 15 is 0 Å². The lowest BCUT2D eigenvalue weighted by Crippen LogP contribution is -2.11. The first-order chi connectivity index (χ1) is 15.0. The third-order valence-electron chi connectivity index (χ3n) is 5.34. The standard InChI is InChI=1S/C21H19N9S/c1-11-7-12(2)23-21-16(11)17-18(31-21)20-24-19(27-29(20)9-22-17)15-5-6-28(26-15)10-30-14(4)8-13(3)25-30/h5-9H,10H2,1-4H3. The van der Waals surface area contributed by atoms with Crippen LogP contribution in [-0.2, 0) is 6.67 Å². The van der Waals surface area contributed by atoms with Gasteiger partial charge < -0.3 is 0 Å². The third-order valence-corrected chi connectivity index (χ3v) is 6.41. The zero-order valence-corrected chi connectivity index (χ0v) is 18.3. The van der Waals surface area contributed by atoms with Gasteiger partial charge in [-0.1, -0.05) is 0 Å². The van der Waals surface area contributed by atoms with Crippen molar-refractivity contribution in [3.05, 3.63) is 53.4 Å². The van der Waals surface area contributed by atoms with Crippen LogP contribution in [0.2, 0.25) is 0 Å². The molecule has 0 saturated carbocycles. The smallest absolute Gasteiger partial charge is 0.202 e. The Bertz CT molecular complexity index is 1610. The Hall–Kier alpha value is -3.66. The molecule has 0 atom stereocenters. The van der Waals surface area contributed by atoms with Gasteiger partial charge in [-0.25, -0.2) is 24.1 Å². The average Bonchev–Trinajstić information content (AvgIpc) is 3.46. The normalized spacial score (nSPS) is 12.0. The van der Waals surface area contributed by atoms with Crippen molar-refractivity contribution in [2.24, 2.45) is 0 Å². The molecule has 0 radical (unpaired) electrons. The summed E-state index contributed by atoms with van der Waals surface area (Å²) in [5.41, 5.74) is 6.67. The second-order valence-corrected chi connectivity index (χ2v) is 8.80. The lowest BCUT2D eigenvalue weighted by atomic mass is 10.1. The van der Waals surface area contributed by atoms with Crippen molar-refractivity contribution in [2.45, 2.75) is 34.4 Å². The Labute approximate surface area is 181 Å². The van der Waals surface area contributed by atoms with Crippen LogP contribution in [0.25, 0.3) is 37.6 Å². The number of aryl methyl sites for hydroxylation is 4. The summed E-state index contributed by atoms with van der Waals surface area (Å²) in [6.45, 7) is 8.67.